The van der Waals surface area contributed by atoms with Gasteiger partial charge in [-0.1, -0.05) is 0 Å². The van der Waals surface area contributed by atoms with Crippen molar-refractivity contribution in [1.82, 2.24) is 10.2 Å². The van der Waals surface area contributed by atoms with E-state index in [2.05, 4.69) is 26.1 Å². The van der Waals surface area contributed by atoms with Crippen molar-refractivity contribution >= 4 is 21.9 Å². The molecule has 1 heterocycles. The van der Waals surface area contributed by atoms with Crippen LogP contribution in [0.4, 0.5) is 0 Å². The molecule has 10 heavy (non-hydrogen) atoms. The van der Waals surface area contributed by atoms with E-state index in [9.17, 15) is 4.79 Å². The minimum atomic E-state index is -1.07. The SMILES string of the molecule is O=C(O)c1ccc(Br)nn1. The maximum Gasteiger partial charge on any atom is 0.356 e. The Labute approximate surface area is 65.0 Å². The highest BCUT2D eigenvalue weighted by molar-refractivity contribution is 9.10. The zero-order chi connectivity index (χ0) is 7.56. The van der Waals surface area contributed by atoms with Crippen molar-refractivity contribution in [2.24, 2.45) is 0 Å². The first-order valence-electron chi connectivity index (χ1n) is 2.42. The van der Waals surface area contributed by atoms with Crippen LogP contribution < -0.4 is 0 Å². The van der Waals surface area contributed by atoms with Gasteiger partial charge < -0.3 is 5.11 Å². The van der Waals surface area contributed by atoms with Crippen LogP contribution in [0.5, 0.6) is 0 Å². The van der Waals surface area contributed by atoms with Gasteiger partial charge in [-0.15, -0.1) is 10.2 Å². The van der Waals surface area contributed by atoms with Gasteiger partial charge in [0, 0.05) is 0 Å². The molecule has 0 fully saturated rings. The Morgan fingerprint density at radius 1 is 1.50 bits per heavy atom. The first-order chi connectivity index (χ1) is 4.70. The maximum absolute atomic E-state index is 10.2. The lowest BCUT2D eigenvalue weighted by atomic mass is 10.4. The van der Waals surface area contributed by atoms with Crippen LogP contribution in [-0.2, 0) is 0 Å². The molecule has 0 aliphatic heterocycles. The van der Waals surface area contributed by atoms with Gasteiger partial charge in [0.25, 0.3) is 0 Å². The van der Waals surface area contributed by atoms with E-state index in [0.717, 1.165) is 0 Å². The summed E-state index contributed by atoms with van der Waals surface area (Å²) in [5, 5.41) is 15.2. The number of carboxylic acid groups (broad SMARTS) is 1. The lowest BCUT2D eigenvalue weighted by Crippen LogP contribution is -2.00. The molecule has 1 rings (SSSR count). The van der Waals surface area contributed by atoms with Crippen LogP contribution in [0.15, 0.2) is 16.7 Å². The number of carbonyl (C=O) groups is 1. The second kappa shape index (κ2) is 2.74. The third kappa shape index (κ3) is 1.51. The molecule has 0 saturated heterocycles. The first kappa shape index (κ1) is 7.14. The topological polar surface area (TPSA) is 63.1 Å². The van der Waals surface area contributed by atoms with E-state index in [1.165, 1.54) is 12.1 Å². The normalized spacial score (nSPS) is 9.30. The minimum Gasteiger partial charge on any atom is -0.476 e. The Hall–Kier alpha value is -0.970. The predicted molar refractivity (Wildman–Crippen MR) is 36.7 cm³/mol. The number of rotatable bonds is 1. The van der Waals surface area contributed by atoms with Gasteiger partial charge in [0.1, 0.15) is 4.60 Å². The Balaban J connectivity index is 3.00. The number of halogens is 1. The average molecular weight is 203 g/mol. The van der Waals surface area contributed by atoms with E-state index in [1.807, 2.05) is 0 Å². The van der Waals surface area contributed by atoms with Crippen LogP contribution in [-0.4, -0.2) is 21.3 Å². The molecule has 1 N–H and O–H groups in total. The molecular weight excluding hydrogens is 200 g/mol. The molecule has 4 nitrogen and oxygen atoms in total. The van der Waals surface area contributed by atoms with Gasteiger partial charge in [-0.05, 0) is 28.1 Å². The highest BCUT2D eigenvalue weighted by Gasteiger charge is 2.02. The van der Waals surface area contributed by atoms with E-state index in [4.69, 9.17) is 5.11 Å². The number of hydrogen-bond donors (Lipinski definition) is 1. The molecule has 1 aromatic heterocycles. The Bertz CT molecular complexity index is 246. The second-order valence-electron chi connectivity index (χ2n) is 1.55. The molecule has 0 aliphatic rings. The summed E-state index contributed by atoms with van der Waals surface area (Å²) in [6.45, 7) is 0. The van der Waals surface area contributed by atoms with Gasteiger partial charge in [-0.2, -0.15) is 0 Å². The number of nitrogens with zero attached hydrogens (tertiary/aromatic N) is 2. The van der Waals surface area contributed by atoms with Crippen LogP contribution >= 0.6 is 15.9 Å². The number of hydrogen-bond acceptors (Lipinski definition) is 3. The highest BCUT2D eigenvalue weighted by atomic mass is 79.9. The summed E-state index contributed by atoms with van der Waals surface area (Å²) in [5.74, 6) is -1.07. The van der Waals surface area contributed by atoms with Crippen molar-refractivity contribution < 1.29 is 9.90 Å². The maximum atomic E-state index is 10.2. The van der Waals surface area contributed by atoms with E-state index in [0.29, 0.717) is 4.60 Å². The van der Waals surface area contributed by atoms with Crippen molar-refractivity contribution in [3.05, 3.63) is 22.4 Å². The molecule has 5 heteroatoms. The molecule has 52 valence electrons. The van der Waals surface area contributed by atoms with E-state index in [1.54, 1.807) is 0 Å². The van der Waals surface area contributed by atoms with Crippen molar-refractivity contribution in [3.8, 4) is 0 Å². The van der Waals surface area contributed by atoms with Crippen molar-refractivity contribution in [2.45, 2.75) is 0 Å². The fourth-order valence-corrected chi connectivity index (χ4v) is 0.642. The summed E-state index contributed by atoms with van der Waals surface area (Å²) < 4.78 is 0.525. The Morgan fingerprint density at radius 2 is 2.20 bits per heavy atom. The van der Waals surface area contributed by atoms with Gasteiger partial charge in [0.2, 0.25) is 0 Å². The van der Waals surface area contributed by atoms with Crippen LogP contribution in [0.3, 0.4) is 0 Å². The largest absolute Gasteiger partial charge is 0.476 e. The fourth-order valence-electron chi connectivity index (χ4n) is 0.430. The first-order valence-corrected chi connectivity index (χ1v) is 3.22. The van der Waals surface area contributed by atoms with Gasteiger partial charge >= 0.3 is 5.97 Å². The molecule has 0 bridgehead atoms. The van der Waals surface area contributed by atoms with E-state index in [-0.39, 0.29) is 5.69 Å². The van der Waals surface area contributed by atoms with E-state index < -0.39 is 5.97 Å². The standard InChI is InChI=1S/C5H3BrN2O2/c6-4-2-1-3(5(9)10)7-8-4/h1-2H,(H,9,10). The number of aromatic nitrogens is 2. The van der Waals surface area contributed by atoms with Gasteiger partial charge in [-0.3, -0.25) is 0 Å². The number of carboxylic acids is 1. The molecule has 1 aromatic rings. The van der Waals surface area contributed by atoms with Gasteiger partial charge in [0.05, 0.1) is 0 Å². The van der Waals surface area contributed by atoms with Crippen molar-refractivity contribution in [2.75, 3.05) is 0 Å². The zero-order valence-electron chi connectivity index (χ0n) is 4.78. The van der Waals surface area contributed by atoms with Crippen LogP contribution in [0.1, 0.15) is 10.5 Å². The molecule has 0 aromatic carbocycles. The molecule has 0 unspecified atom stereocenters. The summed E-state index contributed by atoms with van der Waals surface area (Å²) in [5.41, 5.74) is -0.0526. The molecular formula is C5H3BrN2O2. The second-order valence-corrected chi connectivity index (χ2v) is 2.36. The van der Waals surface area contributed by atoms with Crippen LogP contribution in [0, 0.1) is 0 Å². The third-order valence-corrected chi connectivity index (χ3v) is 1.27. The molecule has 0 aliphatic carbocycles. The molecule has 0 atom stereocenters. The summed E-state index contributed by atoms with van der Waals surface area (Å²) in [7, 11) is 0. The molecule has 0 saturated carbocycles. The molecule has 0 amide bonds. The Kier molecular flexibility index (Phi) is 1.96. The third-order valence-electron chi connectivity index (χ3n) is 0.851. The molecule has 0 spiro atoms. The molecule has 0 radical (unpaired) electrons. The quantitative estimate of drug-likeness (QED) is 0.737. The van der Waals surface area contributed by atoms with Crippen molar-refractivity contribution in [1.29, 1.82) is 0 Å². The monoisotopic (exact) mass is 202 g/mol. The summed E-state index contributed by atoms with van der Waals surface area (Å²) in [6.07, 6.45) is 0. The predicted octanol–water partition coefficient (Wildman–Crippen LogP) is 0.937. The van der Waals surface area contributed by atoms with E-state index >= 15 is 0 Å². The number of aromatic carboxylic acids is 1. The van der Waals surface area contributed by atoms with Crippen LogP contribution in [0.25, 0.3) is 0 Å². The van der Waals surface area contributed by atoms with Gasteiger partial charge in [0.15, 0.2) is 5.69 Å². The van der Waals surface area contributed by atoms with Crippen LogP contribution in [0.2, 0.25) is 0 Å². The minimum absolute atomic E-state index is 0.0526. The summed E-state index contributed by atoms with van der Waals surface area (Å²) in [4.78, 5) is 10.2. The summed E-state index contributed by atoms with van der Waals surface area (Å²) in [6, 6.07) is 2.90. The van der Waals surface area contributed by atoms with Gasteiger partial charge in [-0.25, -0.2) is 4.79 Å². The Morgan fingerprint density at radius 3 is 2.60 bits per heavy atom. The smallest absolute Gasteiger partial charge is 0.356 e. The fraction of sp³-hybridized carbons (Fsp3) is 0. The van der Waals surface area contributed by atoms with Crippen molar-refractivity contribution in [3.63, 3.8) is 0 Å². The lowest BCUT2D eigenvalue weighted by Gasteiger charge is -1.89. The average Bonchev–Trinajstić information content (AvgIpc) is 1.88. The lowest BCUT2D eigenvalue weighted by molar-refractivity contribution is 0.0689. The highest BCUT2D eigenvalue weighted by Crippen LogP contribution is 2.02. The zero-order valence-corrected chi connectivity index (χ0v) is 6.37. The summed E-state index contributed by atoms with van der Waals surface area (Å²) >= 11 is 3.03.